The molecule has 0 N–H and O–H groups in total. The third-order valence-electron chi connectivity index (χ3n) is 3.54. The molecule has 0 amide bonds. The monoisotopic (exact) mass is 296 g/mol. The van der Waals surface area contributed by atoms with Gasteiger partial charge in [-0.25, -0.2) is 0 Å². The average Bonchev–Trinajstić information content (AvgIpc) is 2.63. The summed E-state index contributed by atoms with van der Waals surface area (Å²) in [7, 11) is 1.63. The molecule has 0 aromatic heterocycles. The number of thioether (sulfide) groups is 1. The van der Waals surface area contributed by atoms with E-state index in [1.54, 1.807) is 18.9 Å². The molecule has 2 aromatic carbocycles. The van der Waals surface area contributed by atoms with Gasteiger partial charge in [-0.15, -0.1) is 11.8 Å². The zero-order valence-corrected chi connectivity index (χ0v) is 12.8. The lowest BCUT2D eigenvalue weighted by molar-refractivity contribution is -0.113. The van der Waals surface area contributed by atoms with E-state index in [9.17, 15) is 4.79 Å². The van der Waals surface area contributed by atoms with Gasteiger partial charge in [0, 0.05) is 10.5 Å². The van der Waals surface area contributed by atoms with Gasteiger partial charge in [0.25, 0.3) is 0 Å². The Kier molecular flexibility index (Phi) is 3.84. The summed E-state index contributed by atoms with van der Waals surface area (Å²) in [5.74, 6) is 0.776. The van der Waals surface area contributed by atoms with Crippen molar-refractivity contribution in [3.63, 3.8) is 0 Å². The Hall–Kier alpha value is -2.00. The third kappa shape index (κ3) is 2.49. The minimum atomic E-state index is -0.131. The molecule has 3 heteroatoms. The van der Waals surface area contributed by atoms with Crippen molar-refractivity contribution in [1.29, 1.82) is 0 Å². The van der Waals surface area contributed by atoms with Gasteiger partial charge >= 0.3 is 0 Å². The fraction of sp³-hybridized carbons (Fsp3) is 0.167. The second-order valence-electron chi connectivity index (χ2n) is 4.89. The molecule has 106 valence electrons. The summed E-state index contributed by atoms with van der Waals surface area (Å²) in [5, 5.41) is -0.131. The number of benzene rings is 2. The Balaban J connectivity index is 2.30. The molecule has 0 saturated heterocycles. The first-order valence-electron chi connectivity index (χ1n) is 6.86. The van der Waals surface area contributed by atoms with E-state index in [1.807, 2.05) is 61.5 Å². The molecule has 0 bridgehead atoms. The van der Waals surface area contributed by atoms with E-state index >= 15 is 0 Å². The topological polar surface area (TPSA) is 26.3 Å². The van der Waals surface area contributed by atoms with Gasteiger partial charge in [-0.2, -0.15) is 0 Å². The van der Waals surface area contributed by atoms with E-state index in [0.29, 0.717) is 11.3 Å². The van der Waals surface area contributed by atoms with Gasteiger partial charge in [0.05, 0.1) is 17.9 Å². The predicted octanol–water partition coefficient (Wildman–Crippen LogP) is 4.26. The predicted molar refractivity (Wildman–Crippen MR) is 87.0 cm³/mol. The number of methoxy groups -OCH3 is 1. The fourth-order valence-corrected chi connectivity index (χ4v) is 3.59. The van der Waals surface area contributed by atoms with Crippen molar-refractivity contribution in [3.05, 3.63) is 65.7 Å². The molecule has 0 aliphatic carbocycles. The second kappa shape index (κ2) is 5.78. The maximum Gasteiger partial charge on any atom is 0.180 e. The van der Waals surface area contributed by atoms with Gasteiger partial charge in [-0.1, -0.05) is 48.5 Å². The Labute approximate surface area is 128 Å². The number of hydrogen-bond donors (Lipinski definition) is 0. The normalized spacial score (nSPS) is 18.2. The summed E-state index contributed by atoms with van der Waals surface area (Å²) in [6, 6.07) is 17.8. The molecule has 21 heavy (non-hydrogen) atoms. The summed E-state index contributed by atoms with van der Waals surface area (Å²) < 4.78 is 5.63. The maximum atomic E-state index is 12.8. The first-order chi connectivity index (χ1) is 10.2. The Bertz CT molecular complexity index is 704. The molecule has 1 unspecified atom stereocenters. The summed E-state index contributed by atoms with van der Waals surface area (Å²) in [6.45, 7) is 1.95. The van der Waals surface area contributed by atoms with Crippen molar-refractivity contribution < 1.29 is 9.53 Å². The van der Waals surface area contributed by atoms with E-state index < -0.39 is 0 Å². The van der Waals surface area contributed by atoms with Crippen LogP contribution in [0, 0.1) is 0 Å². The third-order valence-corrected chi connectivity index (χ3v) is 4.72. The van der Waals surface area contributed by atoms with Crippen molar-refractivity contribution in [1.82, 2.24) is 0 Å². The highest BCUT2D eigenvalue weighted by molar-refractivity contribution is 8.00. The van der Waals surface area contributed by atoms with Crippen LogP contribution in [0.1, 0.15) is 18.1 Å². The van der Waals surface area contributed by atoms with Crippen molar-refractivity contribution in [2.45, 2.75) is 17.1 Å². The molecule has 0 saturated carbocycles. The van der Waals surface area contributed by atoms with E-state index in [2.05, 4.69) is 0 Å². The Morgan fingerprint density at radius 1 is 1.00 bits per heavy atom. The summed E-state index contributed by atoms with van der Waals surface area (Å²) >= 11 is 1.59. The molecule has 1 aliphatic rings. The highest BCUT2D eigenvalue weighted by Crippen LogP contribution is 2.41. The molecule has 1 heterocycles. The van der Waals surface area contributed by atoms with Crippen LogP contribution in [0.2, 0.25) is 0 Å². The van der Waals surface area contributed by atoms with Crippen LogP contribution in [0.25, 0.3) is 11.3 Å². The van der Waals surface area contributed by atoms with Gasteiger partial charge < -0.3 is 4.74 Å². The highest BCUT2D eigenvalue weighted by atomic mass is 32.2. The standard InChI is InChI=1S/C18H16O2S/c1-12-17(19)16(13-8-4-3-5-9-13)18(20-2)14-10-6-7-11-15(14)21-12/h3-12H,1-2H3. The molecule has 2 aromatic rings. The molecule has 1 atom stereocenters. The highest BCUT2D eigenvalue weighted by Gasteiger charge is 2.30. The summed E-state index contributed by atoms with van der Waals surface area (Å²) in [6.07, 6.45) is 0. The lowest BCUT2D eigenvalue weighted by Crippen LogP contribution is -2.14. The van der Waals surface area contributed by atoms with Crippen LogP contribution in [0.5, 0.6) is 0 Å². The molecule has 0 radical (unpaired) electrons. The van der Waals surface area contributed by atoms with E-state index in [1.165, 1.54) is 0 Å². The minimum absolute atomic E-state index is 0.110. The number of Topliss-reactive ketones (excluding diaryl/α,β-unsaturated/α-hetero) is 1. The zero-order valence-electron chi connectivity index (χ0n) is 12.0. The van der Waals surface area contributed by atoms with E-state index in [4.69, 9.17) is 4.74 Å². The van der Waals surface area contributed by atoms with E-state index in [0.717, 1.165) is 16.0 Å². The van der Waals surface area contributed by atoms with Gasteiger partial charge in [0.1, 0.15) is 5.76 Å². The molecular formula is C18H16O2S. The number of hydrogen-bond acceptors (Lipinski definition) is 3. The van der Waals surface area contributed by atoms with Gasteiger partial charge in [0.15, 0.2) is 5.78 Å². The molecule has 0 fully saturated rings. The first kappa shape index (κ1) is 14.0. The van der Waals surface area contributed by atoms with Crippen LogP contribution < -0.4 is 0 Å². The van der Waals surface area contributed by atoms with Crippen LogP contribution in [-0.2, 0) is 9.53 Å². The maximum absolute atomic E-state index is 12.8. The number of carbonyl (C=O) groups is 1. The zero-order chi connectivity index (χ0) is 14.8. The molecule has 1 aliphatic heterocycles. The summed E-state index contributed by atoms with van der Waals surface area (Å²) in [5.41, 5.74) is 2.56. The van der Waals surface area contributed by atoms with Crippen LogP contribution in [0.3, 0.4) is 0 Å². The summed E-state index contributed by atoms with van der Waals surface area (Å²) in [4.78, 5) is 13.9. The van der Waals surface area contributed by atoms with Gasteiger partial charge in [-0.3, -0.25) is 4.79 Å². The Morgan fingerprint density at radius 3 is 2.38 bits per heavy atom. The lowest BCUT2D eigenvalue weighted by atomic mass is 9.96. The smallest absolute Gasteiger partial charge is 0.180 e. The molecular weight excluding hydrogens is 280 g/mol. The van der Waals surface area contributed by atoms with Crippen molar-refractivity contribution in [3.8, 4) is 0 Å². The number of rotatable bonds is 2. The van der Waals surface area contributed by atoms with Crippen molar-refractivity contribution in [2.75, 3.05) is 7.11 Å². The molecule has 2 nitrogen and oxygen atoms in total. The van der Waals surface area contributed by atoms with Crippen LogP contribution in [0.4, 0.5) is 0 Å². The van der Waals surface area contributed by atoms with Crippen molar-refractivity contribution >= 4 is 28.9 Å². The number of carbonyl (C=O) groups excluding carboxylic acids is 1. The SMILES string of the molecule is COC1=C(c2ccccc2)C(=O)C(C)Sc2ccccc21. The number of ether oxygens (including phenoxy) is 1. The fourth-order valence-electron chi connectivity index (χ4n) is 2.54. The first-order valence-corrected chi connectivity index (χ1v) is 7.74. The number of fused-ring (bicyclic) bond motifs is 1. The van der Waals surface area contributed by atoms with E-state index in [-0.39, 0.29) is 11.0 Å². The van der Waals surface area contributed by atoms with Crippen LogP contribution in [-0.4, -0.2) is 18.1 Å². The second-order valence-corrected chi connectivity index (χ2v) is 6.28. The molecule has 3 rings (SSSR count). The van der Waals surface area contributed by atoms with Crippen LogP contribution in [0.15, 0.2) is 59.5 Å². The quantitative estimate of drug-likeness (QED) is 0.828. The van der Waals surface area contributed by atoms with Crippen molar-refractivity contribution in [2.24, 2.45) is 0 Å². The number of ketones is 1. The van der Waals surface area contributed by atoms with Gasteiger partial charge in [-0.05, 0) is 18.6 Å². The largest absolute Gasteiger partial charge is 0.495 e. The number of allylic oxidation sites excluding steroid dienone is 1. The average molecular weight is 296 g/mol. The lowest BCUT2D eigenvalue weighted by Gasteiger charge is -2.13. The molecule has 0 spiro atoms. The van der Waals surface area contributed by atoms with Gasteiger partial charge in [0.2, 0.25) is 0 Å². The minimum Gasteiger partial charge on any atom is -0.495 e. The Morgan fingerprint density at radius 2 is 1.67 bits per heavy atom. The van der Waals surface area contributed by atoms with Crippen LogP contribution >= 0.6 is 11.8 Å².